The molecule has 0 aliphatic carbocycles. The molecule has 0 aromatic heterocycles. The topological polar surface area (TPSA) is 120 Å². The Labute approximate surface area is 215 Å². The zero-order valence-corrected chi connectivity index (χ0v) is 21.6. The van der Waals surface area contributed by atoms with Gasteiger partial charge in [0.15, 0.2) is 11.0 Å². The molecule has 37 heavy (non-hydrogen) atoms. The molecule has 2 saturated heterocycles. The fraction of sp³-hybridized carbons (Fsp3) is 0.696. The highest BCUT2D eigenvalue weighted by Crippen LogP contribution is 2.33. The fourth-order valence-electron chi connectivity index (χ4n) is 4.51. The minimum absolute atomic E-state index is 0.0370. The van der Waals surface area contributed by atoms with Gasteiger partial charge >= 0.3 is 6.18 Å². The predicted molar refractivity (Wildman–Crippen MR) is 131 cm³/mol. The van der Waals surface area contributed by atoms with E-state index in [1.807, 2.05) is 4.90 Å². The number of amides is 1. The Morgan fingerprint density at radius 2 is 1.78 bits per heavy atom. The number of halogens is 3. The van der Waals surface area contributed by atoms with Gasteiger partial charge in [-0.25, -0.2) is 8.42 Å². The van der Waals surface area contributed by atoms with Crippen LogP contribution in [0.15, 0.2) is 24.3 Å². The number of anilines is 1. The number of nitrogens with zero attached hydrogens (tertiary/aromatic N) is 2. The lowest BCUT2D eigenvalue weighted by atomic mass is 9.96. The number of ether oxygens (including phenoxy) is 2. The fourth-order valence-corrected chi connectivity index (χ4v) is 6.67. The highest BCUT2D eigenvalue weighted by Gasteiger charge is 2.54. The summed E-state index contributed by atoms with van der Waals surface area (Å²) in [5.41, 5.74) is 0.836. The number of aliphatic hydroxyl groups is 1. The molecule has 210 valence electrons. The molecule has 2 aliphatic rings. The number of methoxy groups -OCH3 is 1. The number of hydrogen-bond donors (Lipinski definition) is 3. The molecule has 10 nitrogen and oxygen atoms in total. The van der Waals surface area contributed by atoms with Crippen molar-refractivity contribution in [3.63, 3.8) is 0 Å². The van der Waals surface area contributed by atoms with Gasteiger partial charge in [0.2, 0.25) is 15.9 Å². The van der Waals surface area contributed by atoms with Crippen molar-refractivity contribution in [3.05, 3.63) is 24.3 Å². The summed E-state index contributed by atoms with van der Waals surface area (Å²) in [7, 11) is -2.72. The van der Waals surface area contributed by atoms with E-state index in [1.165, 1.54) is 11.4 Å². The number of piperidine rings is 1. The van der Waals surface area contributed by atoms with Gasteiger partial charge in [0.1, 0.15) is 5.75 Å². The smallest absolute Gasteiger partial charge is 0.389 e. The van der Waals surface area contributed by atoms with E-state index in [4.69, 9.17) is 9.47 Å². The van der Waals surface area contributed by atoms with Crippen molar-refractivity contribution < 1.29 is 41.0 Å². The molecule has 2 fully saturated rings. The second-order valence-electron chi connectivity index (χ2n) is 9.10. The van der Waals surface area contributed by atoms with Crippen LogP contribution in [0.25, 0.3) is 0 Å². The first-order valence-corrected chi connectivity index (χ1v) is 13.7. The van der Waals surface area contributed by atoms with Crippen molar-refractivity contribution in [2.75, 3.05) is 64.4 Å². The third-order valence-corrected chi connectivity index (χ3v) is 9.31. The number of benzene rings is 1. The van der Waals surface area contributed by atoms with Crippen LogP contribution in [-0.2, 0) is 19.6 Å². The van der Waals surface area contributed by atoms with Gasteiger partial charge < -0.3 is 30.1 Å². The van der Waals surface area contributed by atoms with Crippen LogP contribution in [-0.4, -0.2) is 100 Å². The summed E-state index contributed by atoms with van der Waals surface area (Å²) in [4.78, 5) is 15.1. The van der Waals surface area contributed by atoms with Crippen LogP contribution < -0.4 is 20.3 Å². The Balaban J connectivity index is 1.59. The molecular formula is C23H35F3N4O6S. The van der Waals surface area contributed by atoms with Gasteiger partial charge in [0.25, 0.3) is 0 Å². The summed E-state index contributed by atoms with van der Waals surface area (Å²) >= 11 is 0. The number of piperazine rings is 1. The third kappa shape index (κ3) is 7.47. The van der Waals surface area contributed by atoms with Gasteiger partial charge in [0.05, 0.1) is 13.2 Å². The van der Waals surface area contributed by atoms with Crippen molar-refractivity contribution in [1.29, 1.82) is 0 Å². The molecule has 0 bridgehead atoms. The lowest BCUT2D eigenvalue weighted by molar-refractivity contribution is -0.136. The molecule has 1 amide bonds. The number of hydrogen-bond acceptors (Lipinski definition) is 8. The van der Waals surface area contributed by atoms with E-state index < -0.39 is 39.6 Å². The number of aliphatic hydroxyl groups excluding tert-OH is 1. The molecule has 1 atom stereocenters. The Bertz CT molecular complexity index is 979. The quantitative estimate of drug-likeness (QED) is 0.276. The summed E-state index contributed by atoms with van der Waals surface area (Å²) in [5, 5.41) is 15.2. The van der Waals surface area contributed by atoms with Crippen molar-refractivity contribution in [2.24, 2.45) is 0 Å². The lowest BCUT2D eigenvalue weighted by Gasteiger charge is -2.42. The first-order valence-electron chi connectivity index (χ1n) is 12.2. The number of carbonyl (C=O) groups is 1. The summed E-state index contributed by atoms with van der Waals surface area (Å²) in [6.07, 6.45) is -6.21. The minimum atomic E-state index is -4.20. The van der Waals surface area contributed by atoms with Gasteiger partial charge in [-0.05, 0) is 56.6 Å². The Morgan fingerprint density at radius 3 is 2.35 bits per heavy atom. The predicted octanol–water partition coefficient (Wildman–Crippen LogP) is 1.06. The average molecular weight is 553 g/mol. The normalized spacial score (nSPS) is 19.9. The number of sulfonamides is 1. The molecule has 2 heterocycles. The van der Waals surface area contributed by atoms with E-state index in [0.29, 0.717) is 31.9 Å². The number of rotatable bonds is 11. The van der Waals surface area contributed by atoms with Crippen LogP contribution in [0.2, 0.25) is 0 Å². The van der Waals surface area contributed by atoms with Gasteiger partial charge in [-0.2, -0.15) is 17.5 Å². The number of carbonyl (C=O) groups excluding carboxylic acids is 1. The molecule has 3 rings (SSSR count). The van der Waals surface area contributed by atoms with Crippen molar-refractivity contribution in [3.8, 4) is 5.75 Å². The van der Waals surface area contributed by atoms with Crippen molar-refractivity contribution in [1.82, 2.24) is 14.9 Å². The molecule has 1 unspecified atom stereocenters. The van der Waals surface area contributed by atoms with Crippen LogP contribution in [0.5, 0.6) is 5.75 Å². The first kappa shape index (κ1) is 29.4. The Morgan fingerprint density at radius 1 is 1.16 bits per heavy atom. The monoisotopic (exact) mass is 552 g/mol. The second kappa shape index (κ2) is 12.6. The third-order valence-electron chi connectivity index (χ3n) is 6.68. The van der Waals surface area contributed by atoms with Gasteiger partial charge in [-0.1, -0.05) is 0 Å². The van der Waals surface area contributed by atoms with E-state index >= 15 is 0 Å². The van der Waals surface area contributed by atoms with E-state index in [2.05, 4.69) is 10.6 Å². The second-order valence-corrected chi connectivity index (χ2v) is 11.3. The molecular weight excluding hydrogens is 517 g/mol. The van der Waals surface area contributed by atoms with Crippen LogP contribution in [0, 0.1) is 0 Å². The SMILES string of the molecule is COC(O)CNC(=O)C1(S(=O)(=O)N2CCN(c3ccc(OCCCC(F)(F)F)cc3)CC2)CCNCC1. The maximum Gasteiger partial charge on any atom is 0.389 e. The maximum atomic E-state index is 13.7. The first-order chi connectivity index (χ1) is 17.5. The van der Waals surface area contributed by atoms with Crippen LogP contribution >= 0.6 is 0 Å². The average Bonchev–Trinajstić information content (AvgIpc) is 2.89. The zero-order valence-electron chi connectivity index (χ0n) is 20.8. The standard InChI is InChI=1S/C23H35F3N4O6S/c1-35-20(31)17-28-21(32)22(8-10-27-11-9-22)37(33,34)30-14-12-29(13-15-30)18-3-5-19(6-4-18)36-16-2-7-23(24,25)26/h3-6,20,27,31H,2,7-17H2,1H3,(H,28,32). The van der Waals surface area contributed by atoms with Crippen LogP contribution in [0.1, 0.15) is 25.7 Å². The minimum Gasteiger partial charge on any atom is -0.494 e. The molecule has 3 N–H and O–H groups in total. The van der Waals surface area contributed by atoms with Crippen LogP contribution in [0.4, 0.5) is 18.9 Å². The summed E-state index contributed by atoms with van der Waals surface area (Å²) < 4.78 is 74.0. The van der Waals surface area contributed by atoms with E-state index in [-0.39, 0.29) is 45.5 Å². The van der Waals surface area contributed by atoms with Gasteiger partial charge in [-0.3, -0.25) is 4.79 Å². The largest absolute Gasteiger partial charge is 0.494 e. The molecule has 2 aliphatic heterocycles. The van der Waals surface area contributed by atoms with E-state index in [1.54, 1.807) is 24.3 Å². The zero-order chi connectivity index (χ0) is 27.1. The van der Waals surface area contributed by atoms with E-state index in [0.717, 1.165) is 5.69 Å². The van der Waals surface area contributed by atoms with Gasteiger partial charge in [-0.15, -0.1) is 0 Å². The highest BCUT2D eigenvalue weighted by atomic mass is 32.2. The van der Waals surface area contributed by atoms with Crippen molar-refractivity contribution in [2.45, 2.75) is 42.9 Å². The lowest BCUT2D eigenvalue weighted by Crippen LogP contribution is -2.64. The molecule has 1 aromatic rings. The Hall–Kier alpha value is -2.13. The number of alkyl halides is 3. The highest BCUT2D eigenvalue weighted by molar-refractivity contribution is 7.91. The summed E-state index contributed by atoms with van der Waals surface area (Å²) in [6, 6.07) is 6.92. The molecule has 0 radical (unpaired) electrons. The van der Waals surface area contributed by atoms with Crippen LogP contribution in [0.3, 0.4) is 0 Å². The number of nitrogens with one attached hydrogen (secondary N) is 2. The maximum absolute atomic E-state index is 13.7. The van der Waals surface area contributed by atoms with E-state index in [9.17, 15) is 31.5 Å². The molecule has 14 heteroatoms. The summed E-state index contributed by atoms with van der Waals surface area (Å²) in [6.45, 7) is 1.71. The Kier molecular flexibility index (Phi) is 10.0. The molecule has 0 spiro atoms. The van der Waals surface area contributed by atoms with Gasteiger partial charge in [0, 0.05) is 45.4 Å². The molecule has 1 aromatic carbocycles. The van der Waals surface area contributed by atoms with Crippen molar-refractivity contribution >= 4 is 21.6 Å². The molecule has 0 saturated carbocycles. The summed E-state index contributed by atoms with van der Waals surface area (Å²) in [5.74, 6) is -0.178.